The molecular weight excluding hydrogens is 242 g/mol. The van der Waals surface area contributed by atoms with Gasteiger partial charge in [0, 0.05) is 19.2 Å². The monoisotopic (exact) mass is 259 g/mol. The van der Waals surface area contributed by atoms with E-state index in [0.29, 0.717) is 13.1 Å². The highest BCUT2D eigenvalue weighted by atomic mass is 32.2. The number of phenols is 1. The number of hydrogen-bond acceptors (Lipinski definition) is 4. The standard InChI is InChI=1S/C10H17N3O3S/c1-3-13(4-2)17(15,16)12-10-6-5-8(14)7-9(10)11/h5-7,12,14H,3-4,11H2,1-2H3. The Kier molecular flexibility index (Phi) is 4.19. The summed E-state index contributed by atoms with van der Waals surface area (Å²) in [5.41, 5.74) is 6.05. The van der Waals surface area contributed by atoms with Crippen molar-refractivity contribution >= 4 is 21.6 Å². The van der Waals surface area contributed by atoms with Crippen LogP contribution in [0.25, 0.3) is 0 Å². The molecular formula is C10H17N3O3S. The molecule has 96 valence electrons. The highest BCUT2D eigenvalue weighted by Crippen LogP contribution is 2.24. The number of nitrogens with two attached hydrogens (primary N) is 1. The van der Waals surface area contributed by atoms with Crippen molar-refractivity contribution < 1.29 is 13.5 Å². The van der Waals surface area contributed by atoms with Gasteiger partial charge in [-0.25, -0.2) is 0 Å². The molecule has 4 N–H and O–H groups in total. The molecule has 0 aliphatic rings. The van der Waals surface area contributed by atoms with Crippen molar-refractivity contribution in [2.75, 3.05) is 23.5 Å². The molecule has 0 bridgehead atoms. The van der Waals surface area contributed by atoms with Crippen LogP contribution in [0.5, 0.6) is 5.75 Å². The average Bonchev–Trinajstić information content (AvgIpc) is 2.23. The highest BCUT2D eigenvalue weighted by Gasteiger charge is 2.19. The molecule has 0 aliphatic heterocycles. The number of nitrogens with zero attached hydrogens (tertiary/aromatic N) is 1. The molecule has 1 aromatic carbocycles. The van der Waals surface area contributed by atoms with Gasteiger partial charge in [0.1, 0.15) is 5.75 Å². The Morgan fingerprint density at radius 2 is 1.94 bits per heavy atom. The Morgan fingerprint density at radius 3 is 2.41 bits per heavy atom. The first-order valence-corrected chi connectivity index (χ1v) is 6.71. The molecule has 0 atom stereocenters. The topological polar surface area (TPSA) is 95.7 Å². The lowest BCUT2D eigenvalue weighted by molar-refractivity contribution is 0.449. The highest BCUT2D eigenvalue weighted by molar-refractivity contribution is 7.90. The van der Waals surface area contributed by atoms with Crippen LogP contribution >= 0.6 is 0 Å². The molecule has 0 aliphatic carbocycles. The lowest BCUT2D eigenvalue weighted by Crippen LogP contribution is -2.35. The molecule has 1 rings (SSSR count). The van der Waals surface area contributed by atoms with Crippen molar-refractivity contribution in [1.82, 2.24) is 4.31 Å². The van der Waals surface area contributed by atoms with E-state index in [-0.39, 0.29) is 17.1 Å². The van der Waals surface area contributed by atoms with Crippen LogP contribution in [0.1, 0.15) is 13.8 Å². The quantitative estimate of drug-likeness (QED) is 0.542. The third-order valence-electron chi connectivity index (χ3n) is 2.32. The van der Waals surface area contributed by atoms with Gasteiger partial charge in [0.25, 0.3) is 0 Å². The lowest BCUT2D eigenvalue weighted by Gasteiger charge is -2.20. The van der Waals surface area contributed by atoms with Crippen molar-refractivity contribution in [3.63, 3.8) is 0 Å². The van der Waals surface area contributed by atoms with Gasteiger partial charge in [0.05, 0.1) is 11.4 Å². The largest absolute Gasteiger partial charge is 0.508 e. The first-order chi connectivity index (χ1) is 7.90. The zero-order valence-electron chi connectivity index (χ0n) is 9.84. The maximum Gasteiger partial charge on any atom is 0.301 e. The predicted molar refractivity (Wildman–Crippen MR) is 68.0 cm³/mol. The van der Waals surface area contributed by atoms with Gasteiger partial charge in [-0.15, -0.1) is 0 Å². The van der Waals surface area contributed by atoms with Crippen molar-refractivity contribution in [3.05, 3.63) is 18.2 Å². The van der Waals surface area contributed by atoms with Crippen LogP contribution < -0.4 is 10.5 Å². The molecule has 0 unspecified atom stereocenters. The van der Waals surface area contributed by atoms with Crippen LogP contribution in [0.4, 0.5) is 11.4 Å². The first-order valence-electron chi connectivity index (χ1n) is 5.27. The second kappa shape index (κ2) is 5.24. The minimum atomic E-state index is -3.59. The van der Waals surface area contributed by atoms with E-state index >= 15 is 0 Å². The minimum absolute atomic E-state index is 0.00622. The van der Waals surface area contributed by atoms with E-state index in [1.165, 1.54) is 22.5 Å². The Labute approximate surface area is 101 Å². The van der Waals surface area contributed by atoms with Crippen LogP contribution in [0.3, 0.4) is 0 Å². The number of nitrogens with one attached hydrogen (secondary N) is 1. The second-order valence-electron chi connectivity index (χ2n) is 3.46. The summed E-state index contributed by atoms with van der Waals surface area (Å²) in [7, 11) is -3.59. The van der Waals surface area contributed by atoms with Gasteiger partial charge in [-0.3, -0.25) is 4.72 Å². The summed E-state index contributed by atoms with van der Waals surface area (Å²) in [4.78, 5) is 0. The van der Waals surface area contributed by atoms with E-state index in [4.69, 9.17) is 10.8 Å². The number of aromatic hydroxyl groups is 1. The van der Waals surface area contributed by atoms with Crippen LogP contribution in [0.2, 0.25) is 0 Å². The molecule has 0 fully saturated rings. The molecule has 0 radical (unpaired) electrons. The zero-order chi connectivity index (χ0) is 13.1. The van der Waals surface area contributed by atoms with Gasteiger partial charge >= 0.3 is 10.2 Å². The number of phenolic OH excluding ortho intramolecular Hbond substituents is 1. The smallest absolute Gasteiger partial charge is 0.301 e. The summed E-state index contributed by atoms with van der Waals surface area (Å²) in [5, 5.41) is 9.17. The van der Waals surface area contributed by atoms with E-state index in [1.54, 1.807) is 13.8 Å². The molecule has 0 amide bonds. The average molecular weight is 259 g/mol. The molecule has 0 saturated heterocycles. The number of hydrogen-bond donors (Lipinski definition) is 3. The van der Waals surface area contributed by atoms with Crippen LogP contribution in [0, 0.1) is 0 Å². The van der Waals surface area contributed by atoms with Crippen molar-refractivity contribution in [2.45, 2.75) is 13.8 Å². The first kappa shape index (κ1) is 13.6. The Hall–Kier alpha value is -1.47. The van der Waals surface area contributed by atoms with E-state index in [9.17, 15) is 8.42 Å². The third kappa shape index (κ3) is 3.24. The summed E-state index contributed by atoms with van der Waals surface area (Å²) < 4.78 is 27.4. The maximum atomic E-state index is 11.9. The number of rotatable bonds is 5. The predicted octanol–water partition coefficient (Wildman–Crippen LogP) is 0.973. The second-order valence-corrected chi connectivity index (χ2v) is 5.13. The fraction of sp³-hybridized carbons (Fsp3) is 0.400. The van der Waals surface area contributed by atoms with Crippen molar-refractivity contribution in [2.24, 2.45) is 0 Å². The van der Waals surface area contributed by atoms with E-state index in [1.807, 2.05) is 0 Å². The summed E-state index contributed by atoms with van der Waals surface area (Å²) in [6.45, 7) is 4.26. The van der Waals surface area contributed by atoms with Crippen LogP contribution in [0.15, 0.2) is 18.2 Å². The van der Waals surface area contributed by atoms with Crippen LogP contribution in [-0.2, 0) is 10.2 Å². The number of benzene rings is 1. The zero-order valence-corrected chi connectivity index (χ0v) is 10.7. The van der Waals surface area contributed by atoms with Crippen LogP contribution in [-0.4, -0.2) is 30.9 Å². The van der Waals surface area contributed by atoms with Gasteiger partial charge in [0.2, 0.25) is 0 Å². The molecule has 0 spiro atoms. The van der Waals surface area contributed by atoms with Gasteiger partial charge in [-0.2, -0.15) is 12.7 Å². The van der Waals surface area contributed by atoms with E-state index in [2.05, 4.69) is 4.72 Å². The van der Waals surface area contributed by atoms with E-state index in [0.717, 1.165) is 0 Å². The molecule has 17 heavy (non-hydrogen) atoms. The van der Waals surface area contributed by atoms with E-state index < -0.39 is 10.2 Å². The Morgan fingerprint density at radius 1 is 1.35 bits per heavy atom. The van der Waals surface area contributed by atoms with Crippen molar-refractivity contribution in [3.8, 4) is 5.75 Å². The summed E-state index contributed by atoms with van der Waals surface area (Å²) in [5.74, 6) is -0.00622. The molecule has 0 heterocycles. The van der Waals surface area contributed by atoms with Gasteiger partial charge in [0.15, 0.2) is 0 Å². The molecule has 1 aromatic rings. The fourth-order valence-electron chi connectivity index (χ4n) is 1.41. The molecule has 0 saturated carbocycles. The van der Waals surface area contributed by atoms with Gasteiger partial charge in [-0.05, 0) is 12.1 Å². The molecule has 0 aromatic heterocycles. The number of nitrogen functional groups attached to an aromatic ring is 1. The normalized spacial score (nSPS) is 11.7. The third-order valence-corrected chi connectivity index (χ3v) is 3.99. The molecule has 6 nitrogen and oxygen atoms in total. The fourth-order valence-corrected chi connectivity index (χ4v) is 2.68. The maximum absolute atomic E-state index is 11.9. The SMILES string of the molecule is CCN(CC)S(=O)(=O)Nc1ccc(O)cc1N. The Bertz CT molecular complexity index is 484. The summed E-state index contributed by atoms with van der Waals surface area (Å²) in [6.07, 6.45) is 0. The van der Waals surface area contributed by atoms with Crippen molar-refractivity contribution in [1.29, 1.82) is 0 Å². The van der Waals surface area contributed by atoms with Gasteiger partial charge in [-0.1, -0.05) is 13.8 Å². The summed E-state index contributed by atoms with van der Waals surface area (Å²) >= 11 is 0. The molecule has 7 heteroatoms. The lowest BCUT2D eigenvalue weighted by atomic mass is 10.2. The minimum Gasteiger partial charge on any atom is -0.508 e. The Balaban J connectivity index is 2.98. The summed E-state index contributed by atoms with van der Waals surface area (Å²) in [6, 6.07) is 4.09. The van der Waals surface area contributed by atoms with Gasteiger partial charge < -0.3 is 10.8 Å². The number of anilines is 2.